The number of nitrogens with zero attached hydrogens (tertiary/aromatic N) is 4. The van der Waals surface area contributed by atoms with Gasteiger partial charge >= 0.3 is 6.03 Å². The number of anilines is 1. The lowest BCUT2D eigenvalue weighted by Gasteiger charge is -2.14. The molecular weight excluding hydrogens is 339 g/mol. The fraction of sp³-hybridized carbons (Fsp3) is 0.176. The van der Waals surface area contributed by atoms with Crippen molar-refractivity contribution in [2.24, 2.45) is 0 Å². The number of aliphatic hydroxyl groups is 1. The van der Waals surface area contributed by atoms with Gasteiger partial charge in [-0.05, 0) is 52.7 Å². The summed E-state index contributed by atoms with van der Waals surface area (Å²) in [5, 5.41) is 26.3. The zero-order chi connectivity index (χ0) is 18.5. The van der Waals surface area contributed by atoms with Gasteiger partial charge in [-0.2, -0.15) is 0 Å². The van der Waals surface area contributed by atoms with Gasteiger partial charge in [-0.3, -0.25) is 0 Å². The van der Waals surface area contributed by atoms with E-state index in [2.05, 4.69) is 26.2 Å². The van der Waals surface area contributed by atoms with Gasteiger partial charge in [-0.15, -0.1) is 5.10 Å². The minimum atomic E-state index is -0.934. The van der Waals surface area contributed by atoms with Crippen LogP contribution in [-0.2, 0) is 0 Å². The summed E-state index contributed by atoms with van der Waals surface area (Å²) in [4.78, 5) is 12.0. The molecule has 0 radical (unpaired) electrons. The molecule has 134 valence electrons. The summed E-state index contributed by atoms with van der Waals surface area (Å²) in [6, 6.07) is 10.3. The molecule has 0 aliphatic carbocycles. The van der Waals surface area contributed by atoms with E-state index in [0.29, 0.717) is 11.3 Å². The molecule has 8 nitrogen and oxygen atoms in total. The summed E-state index contributed by atoms with van der Waals surface area (Å²) >= 11 is 0. The number of nitrogens with one attached hydrogen (secondary N) is 2. The van der Waals surface area contributed by atoms with Crippen LogP contribution in [0, 0.1) is 12.7 Å². The Morgan fingerprint density at radius 3 is 2.73 bits per heavy atom. The van der Waals surface area contributed by atoms with Crippen LogP contribution in [0.5, 0.6) is 0 Å². The first-order chi connectivity index (χ1) is 12.5. The summed E-state index contributed by atoms with van der Waals surface area (Å²) in [6.45, 7) is 1.89. The van der Waals surface area contributed by atoms with Gasteiger partial charge in [0.05, 0.1) is 11.8 Å². The third-order valence-corrected chi connectivity index (χ3v) is 3.77. The number of carbonyl (C=O) groups is 1. The molecular formula is C17H17FN6O2. The number of aromatic nitrogens is 4. The number of hydrogen-bond donors (Lipinski definition) is 3. The molecule has 1 atom stereocenters. The lowest BCUT2D eigenvalue weighted by molar-refractivity contribution is 0.175. The molecule has 0 unspecified atom stereocenters. The number of carbonyl (C=O) groups excluding carboxylic acids is 1. The van der Waals surface area contributed by atoms with Crippen molar-refractivity contribution >= 4 is 11.7 Å². The molecule has 0 aliphatic heterocycles. The van der Waals surface area contributed by atoms with Crippen molar-refractivity contribution in [1.82, 2.24) is 25.5 Å². The number of rotatable bonds is 5. The van der Waals surface area contributed by atoms with Crippen LogP contribution in [0.4, 0.5) is 14.9 Å². The van der Waals surface area contributed by atoms with Crippen LogP contribution < -0.4 is 10.6 Å². The average molecular weight is 356 g/mol. The molecule has 9 heteroatoms. The predicted molar refractivity (Wildman–Crippen MR) is 92.3 cm³/mol. The molecule has 2 aromatic carbocycles. The van der Waals surface area contributed by atoms with Gasteiger partial charge < -0.3 is 15.7 Å². The van der Waals surface area contributed by atoms with E-state index in [4.69, 9.17) is 0 Å². The predicted octanol–water partition coefficient (Wildman–Crippen LogP) is 1.96. The molecule has 0 saturated carbocycles. The molecule has 1 heterocycles. The van der Waals surface area contributed by atoms with Crippen LogP contribution in [0.1, 0.15) is 17.2 Å². The molecule has 0 aliphatic rings. The maximum absolute atomic E-state index is 12.9. The molecule has 3 N–H and O–H groups in total. The van der Waals surface area contributed by atoms with Gasteiger partial charge in [0.2, 0.25) is 0 Å². The van der Waals surface area contributed by atoms with E-state index in [0.717, 1.165) is 11.3 Å². The molecule has 1 aromatic heterocycles. The highest BCUT2D eigenvalue weighted by atomic mass is 19.1. The van der Waals surface area contributed by atoms with E-state index in [-0.39, 0.29) is 12.4 Å². The molecule has 0 saturated heterocycles. The quantitative estimate of drug-likeness (QED) is 0.648. The lowest BCUT2D eigenvalue weighted by atomic mass is 10.1. The van der Waals surface area contributed by atoms with Gasteiger partial charge in [0.15, 0.2) is 0 Å². The first kappa shape index (κ1) is 17.5. The Morgan fingerprint density at radius 2 is 2.04 bits per heavy atom. The molecule has 3 rings (SSSR count). The van der Waals surface area contributed by atoms with Crippen molar-refractivity contribution in [1.29, 1.82) is 0 Å². The minimum absolute atomic E-state index is 0.0107. The molecule has 3 aromatic rings. The highest BCUT2D eigenvalue weighted by Gasteiger charge is 2.11. The zero-order valence-corrected chi connectivity index (χ0v) is 13.9. The monoisotopic (exact) mass is 356 g/mol. The summed E-state index contributed by atoms with van der Waals surface area (Å²) in [6.07, 6.45) is 0.529. The number of benzene rings is 2. The van der Waals surface area contributed by atoms with Gasteiger partial charge in [0.1, 0.15) is 12.1 Å². The van der Waals surface area contributed by atoms with Gasteiger partial charge in [-0.1, -0.05) is 18.2 Å². The number of aliphatic hydroxyl groups excluding tert-OH is 1. The van der Waals surface area contributed by atoms with Gasteiger partial charge in [-0.25, -0.2) is 13.9 Å². The average Bonchev–Trinajstić information content (AvgIpc) is 3.16. The first-order valence-electron chi connectivity index (χ1n) is 7.85. The van der Waals surface area contributed by atoms with E-state index in [1.165, 1.54) is 35.3 Å². The van der Waals surface area contributed by atoms with Crippen molar-refractivity contribution in [3.63, 3.8) is 0 Å². The van der Waals surface area contributed by atoms with Gasteiger partial charge in [0, 0.05) is 12.2 Å². The highest BCUT2D eigenvalue weighted by molar-refractivity contribution is 5.89. The first-order valence-corrected chi connectivity index (χ1v) is 7.85. The molecule has 2 amide bonds. The Bertz CT molecular complexity index is 883. The standard InChI is InChI=1S/C17H17FN6O2/c1-11-2-7-14(8-15(11)24-10-20-22-23-24)21-17(26)19-9-16(25)12-3-5-13(18)6-4-12/h2-8,10,16,25H,9H2,1H3,(H2,19,21,26)/t16-/m1/s1. The van der Waals surface area contributed by atoms with Crippen LogP contribution in [0.15, 0.2) is 48.8 Å². The van der Waals surface area contributed by atoms with E-state index in [9.17, 15) is 14.3 Å². The Labute approximate surface area is 148 Å². The summed E-state index contributed by atoms with van der Waals surface area (Å²) in [5.41, 5.74) is 2.74. The van der Waals surface area contributed by atoms with Crippen molar-refractivity contribution in [2.75, 3.05) is 11.9 Å². The molecule has 26 heavy (non-hydrogen) atoms. The summed E-state index contributed by atoms with van der Waals surface area (Å²) in [5.74, 6) is -0.385. The topological polar surface area (TPSA) is 105 Å². The van der Waals surface area contributed by atoms with E-state index >= 15 is 0 Å². The van der Waals surface area contributed by atoms with Crippen LogP contribution in [0.25, 0.3) is 5.69 Å². The lowest BCUT2D eigenvalue weighted by Crippen LogP contribution is -2.32. The minimum Gasteiger partial charge on any atom is -0.387 e. The van der Waals surface area contributed by atoms with Gasteiger partial charge in [0.25, 0.3) is 0 Å². The van der Waals surface area contributed by atoms with Crippen LogP contribution in [0.2, 0.25) is 0 Å². The number of halogens is 1. The van der Waals surface area contributed by atoms with E-state index in [1.807, 2.05) is 13.0 Å². The highest BCUT2D eigenvalue weighted by Crippen LogP contribution is 2.18. The van der Waals surface area contributed by atoms with E-state index in [1.54, 1.807) is 12.1 Å². The summed E-state index contributed by atoms with van der Waals surface area (Å²) < 4.78 is 14.4. The maximum atomic E-state index is 12.9. The number of tetrazole rings is 1. The Morgan fingerprint density at radius 1 is 1.27 bits per heavy atom. The van der Waals surface area contributed by atoms with Crippen molar-refractivity contribution in [2.45, 2.75) is 13.0 Å². The largest absolute Gasteiger partial charge is 0.387 e. The third-order valence-electron chi connectivity index (χ3n) is 3.77. The molecule has 0 fully saturated rings. The number of urea groups is 1. The summed E-state index contributed by atoms with van der Waals surface area (Å²) in [7, 11) is 0. The van der Waals surface area contributed by atoms with Crippen molar-refractivity contribution in [3.05, 3.63) is 65.7 Å². The van der Waals surface area contributed by atoms with Crippen LogP contribution in [-0.4, -0.2) is 37.9 Å². The van der Waals surface area contributed by atoms with Crippen LogP contribution >= 0.6 is 0 Å². The Hall–Kier alpha value is -3.33. The number of amides is 2. The Kier molecular flexibility index (Phi) is 5.18. The molecule has 0 bridgehead atoms. The second kappa shape index (κ2) is 7.70. The SMILES string of the molecule is Cc1ccc(NC(=O)NC[C@@H](O)c2ccc(F)cc2)cc1-n1cnnn1. The number of aryl methyl sites for hydroxylation is 1. The Balaban J connectivity index is 1.60. The maximum Gasteiger partial charge on any atom is 0.319 e. The molecule has 0 spiro atoms. The zero-order valence-electron chi connectivity index (χ0n) is 13.9. The second-order valence-corrected chi connectivity index (χ2v) is 5.66. The fourth-order valence-corrected chi connectivity index (χ4v) is 2.37. The second-order valence-electron chi connectivity index (χ2n) is 5.66. The normalized spacial score (nSPS) is 11.8. The number of hydrogen-bond acceptors (Lipinski definition) is 5. The van der Waals surface area contributed by atoms with Crippen molar-refractivity contribution < 1.29 is 14.3 Å². The van der Waals surface area contributed by atoms with E-state index < -0.39 is 12.1 Å². The van der Waals surface area contributed by atoms with Crippen LogP contribution in [0.3, 0.4) is 0 Å². The fourth-order valence-electron chi connectivity index (χ4n) is 2.37. The van der Waals surface area contributed by atoms with Crippen molar-refractivity contribution in [3.8, 4) is 5.69 Å². The third kappa shape index (κ3) is 4.19. The smallest absolute Gasteiger partial charge is 0.319 e.